The summed E-state index contributed by atoms with van der Waals surface area (Å²) in [5, 5.41) is 14.0. The van der Waals surface area contributed by atoms with Crippen LogP contribution < -0.4 is 0 Å². The Labute approximate surface area is 162 Å². The van der Waals surface area contributed by atoms with Gasteiger partial charge in [0.05, 0.1) is 5.52 Å². The molecule has 0 saturated carbocycles. The minimum absolute atomic E-state index is 0.0226. The highest BCUT2D eigenvalue weighted by Crippen LogP contribution is 2.33. The van der Waals surface area contributed by atoms with Gasteiger partial charge in [0.2, 0.25) is 17.7 Å². The Morgan fingerprint density at radius 3 is 2.86 bits per heavy atom. The number of hydrogen-bond acceptors (Lipinski definition) is 6. The van der Waals surface area contributed by atoms with Gasteiger partial charge in [0.15, 0.2) is 0 Å². The summed E-state index contributed by atoms with van der Waals surface area (Å²) in [6.45, 7) is 1.63. The van der Waals surface area contributed by atoms with Gasteiger partial charge < -0.3 is 14.1 Å². The molecule has 2 aliphatic rings. The molecule has 2 fully saturated rings. The van der Waals surface area contributed by atoms with Gasteiger partial charge in [-0.25, -0.2) is 0 Å². The third-order valence-electron chi connectivity index (χ3n) is 5.53. The van der Waals surface area contributed by atoms with E-state index in [-0.39, 0.29) is 24.6 Å². The van der Waals surface area contributed by atoms with E-state index in [0.717, 1.165) is 49.6 Å². The van der Waals surface area contributed by atoms with E-state index in [9.17, 15) is 4.79 Å². The molecule has 2 atom stereocenters. The summed E-state index contributed by atoms with van der Waals surface area (Å²) < 4.78 is 13.3. The molecule has 0 radical (unpaired) electrons. The van der Waals surface area contributed by atoms with E-state index in [1.807, 2.05) is 35.4 Å². The molecule has 3 aromatic rings. The molecule has 2 saturated heterocycles. The van der Waals surface area contributed by atoms with Gasteiger partial charge in [-0.05, 0) is 38.2 Å². The minimum Gasteiger partial charge on any atom is -0.420 e. The molecule has 5 rings (SSSR count). The maximum absolute atomic E-state index is 13.0. The molecule has 1 aromatic carbocycles. The molecule has 2 aliphatic heterocycles. The van der Waals surface area contributed by atoms with Crippen LogP contribution in [0.2, 0.25) is 0 Å². The van der Waals surface area contributed by atoms with Gasteiger partial charge in [-0.1, -0.05) is 18.2 Å². The fourth-order valence-corrected chi connectivity index (χ4v) is 4.10. The Bertz CT molecular complexity index is 942. The number of nitrogens with zero attached hydrogens (tertiary/aromatic N) is 5. The third kappa shape index (κ3) is 3.28. The van der Waals surface area contributed by atoms with Gasteiger partial charge in [-0.15, -0.1) is 10.2 Å². The van der Waals surface area contributed by atoms with Crippen molar-refractivity contribution in [1.29, 1.82) is 0 Å². The number of carbonyl (C=O) groups excluding carboxylic acids is 1. The van der Waals surface area contributed by atoms with Crippen molar-refractivity contribution >= 4 is 16.8 Å². The summed E-state index contributed by atoms with van der Waals surface area (Å²) in [7, 11) is 0. The van der Waals surface area contributed by atoms with Crippen molar-refractivity contribution < 1.29 is 13.9 Å². The number of aromatic nitrogens is 4. The lowest BCUT2D eigenvalue weighted by Crippen LogP contribution is -2.40. The second-order valence-electron chi connectivity index (χ2n) is 7.46. The van der Waals surface area contributed by atoms with E-state index < -0.39 is 0 Å². The van der Waals surface area contributed by atoms with Crippen LogP contribution in [0.5, 0.6) is 0 Å². The molecule has 8 heteroatoms. The van der Waals surface area contributed by atoms with Gasteiger partial charge in [-0.3, -0.25) is 9.48 Å². The second-order valence-corrected chi connectivity index (χ2v) is 7.46. The molecule has 1 amide bonds. The van der Waals surface area contributed by atoms with Gasteiger partial charge in [-0.2, -0.15) is 5.10 Å². The molecule has 146 valence electrons. The lowest BCUT2D eigenvalue weighted by Gasteiger charge is -2.33. The predicted octanol–water partition coefficient (Wildman–Crippen LogP) is 3.02. The number of hydrogen-bond donors (Lipinski definition) is 0. The summed E-state index contributed by atoms with van der Waals surface area (Å²) in [6, 6.07) is 7.69. The summed E-state index contributed by atoms with van der Waals surface area (Å²) in [5.41, 5.74) is 0.892. The highest BCUT2D eigenvalue weighted by molar-refractivity contribution is 5.80. The molecule has 2 aromatic heterocycles. The fraction of sp³-hybridized carbons (Fsp3) is 0.500. The van der Waals surface area contributed by atoms with Gasteiger partial charge in [0.1, 0.15) is 18.7 Å². The van der Waals surface area contributed by atoms with Crippen LogP contribution in [0.1, 0.15) is 56.0 Å². The van der Waals surface area contributed by atoms with Gasteiger partial charge in [0, 0.05) is 24.7 Å². The summed E-state index contributed by atoms with van der Waals surface area (Å²) in [4.78, 5) is 14.9. The highest BCUT2D eigenvalue weighted by Gasteiger charge is 2.33. The topological polar surface area (TPSA) is 86.3 Å². The fourth-order valence-electron chi connectivity index (χ4n) is 4.10. The number of likely N-dealkylation sites (tertiary alicyclic amines) is 1. The van der Waals surface area contributed by atoms with Crippen LogP contribution in [0.15, 0.2) is 34.9 Å². The van der Waals surface area contributed by atoms with Crippen molar-refractivity contribution in [1.82, 2.24) is 24.9 Å². The number of rotatable bonds is 4. The normalized spacial score (nSPS) is 22.8. The Kier molecular flexibility index (Phi) is 4.56. The smallest absolute Gasteiger partial charge is 0.245 e. The second kappa shape index (κ2) is 7.35. The molecule has 0 bridgehead atoms. The minimum atomic E-state index is -0.172. The first-order chi connectivity index (χ1) is 13.8. The number of carbonyl (C=O) groups is 1. The van der Waals surface area contributed by atoms with Gasteiger partial charge in [0.25, 0.3) is 0 Å². The molecule has 0 aliphatic carbocycles. The molecular formula is C20H23N5O3. The van der Waals surface area contributed by atoms with Gasteiger partial charge >= 0.3 is 0 Å². The Balaban J connectivity index is 1.34. The quantitative estimate of drug-likeness (QED) is 0.690. The molecule has 0 unspecified atom stereocenters. The van der Waals surface area contributed by atoms with Crippen LogP contribution in [-0.2, 0) is 16.1 Å². The van der Waals surface area contributed by atoms with Crippen LogP contribution >= 0.6 is 0 Å². The highest BCUT2D eigenvalue weighted by atomic mass is 16.5. The summed E-state index contributed by atoms with van der Waals surface area (Å²) in [6.07, 6.45) is 6.57. The van der Waals surface area contributed by atoms with E-state index >= 15 is 0 Å². The number of benzene rings is 1. The Morgan fingerprint density at radius 2 is 2.00 bits per heavy atom. The zero-order valence-corrected chi connectivity index (χ0v) is 15.7. The average Bonchev–Trinajstić information content (AvgIpc) is 3.46. The van der Waals surface area contributed by atoms with E-state index in [0.29, 0.717) is 18.3 Å². The van der Waals surface area contributed by atoms with Crippen LogP contribution in [0, 0.1) is 0 Å². The van der Waals surface area contributed by atoms with Crippen LogP contribution in [0.25, 0.3) is 10.9 Å². The van der Waals surface area contributed by atoms with E-state index in [4.69, 9.17) is 9.15 Å². The first-order valence-electron chi connectivity index (χ1n) is 9.94. The third-order valence-corrected chi connectivity index (χ3v) is 5.53. The van der Waals surface area contributed by atoms with E-state index in [1.54, 1.807) is 4.68 Å². The molecule has 4 heterocycles. The lowest BCUT2D eigenvalue weighted by atomic mass is 10.0. The molecule has 8 nitrogen and oxygen atoms in total. The van der Waals surface area contributed by atoms with Crippen molar-refractivity contribution in [2.45, 2.75) is 50.8 Å². The van der Waals surface area contributed by atoms with Crippen molar-refractivity contribution in [3.63, 3.8) is 0 Å². The van der Waals surface area contributed by atoms with Crippen molar-refractivity contribution in [3.05, 3.63) is 42.2 Å². The Morgan fingerprint density at radius 1 is 1.11 bits per heavy atom. The first kappa shape index (κ1) is 17.4. The van der Waals surface area contributed by atoms with E-state index in [2.05, 4.69) is 15.3 Å². The zero-order valence-electron chi connectivity index (χ0n) is 15.7. The predicted molar refractivity (Wildman–Crippen MR) is 100 cm³/mol. The van der Waals surface area contributed by atoms with Crippen LogP contribution in [0.4, 0.5) is 0 Å². The zero-order chi connectivity index (χ0) is 18.9. The summed E-state index contributed by atoms with van der Waals surface area (Å²) in [5.74, 6) is 1.07. The monoisotopic (exact) mass is 381 g/mol. The number of ether oxygens (including phenoxy) is 1. The van der Waals surface area contributed by atoms with Crippen LogP contribution in [0.3, 0.4) is 0 Å². The maximum atomic E-state index is 13.0. The average molecular weight is 381 g/mol. The van der Waals surface area contributed by atoms with Crippen molar-refractivity contribution in [2.75, 3.05) is 13.2 Å². The molecule has 0 spiro atoms. The van der Waals surface area contributed by atoms with Crippen LogP contribution in [-0.4, -0.2) is 43.9 Å². The Hall–Kier alpha value is -2.74. The molecule has 0 N–H and O–H groups in total. The largest absolute Gasteiger partial charge is 0.420 e. The molecule has 28 heavy (non-hydrogen) atoms. The molecular weight excluding hydrogens is 358 g/mol. The number of piperidine rings is 1. The standard InChI is InChI=1S/C20H23N5O3/c26-18(13-24-12-14-6-1-2-7-15(14)23-24)25-10-4-3-8-16(25)19-21-22-20(28-19)17-9-5-11-27-17/h1-2,6-7,12,16-17H,3-5,8-11,13H2/t16-,17+/m0/s1. The van der Waals surface area contributed by atoms with Crippen molar-refractivity contribution in [2.24, 2.45) is 0 Å². The maximum Gasteiger partial charge on any atom is 0.245 e. The summed E-state index contributed by atoms with van der Waals surface area (Å²) >= 11 is 0. The van der Waals surface area contributed by atoms with Crippen molar-refractivity contribution in [3.8, 4) is 0 Å². The lowest BCUT2D eigenvalue weighted by molar-refractivity contribution is -0.136. The number of fused-ring (bicyclic) bond motifs is 1. The number of amides is 1. The van der Waals surface area contributed by atoms with E-state index in [1.165, 1.54) is 0 Å². The SMILES string of the molecule is O=C(Cn1cc2ccccc2n1)N1CCCC[C@H]1c1nnc([C@H]2CCCO2)o1. The first-order valence-corrected chi connectivity index (χ1v) is 9.94.